The molecule has 7 nitrogen and oxygen atoms in total. The van der Waals surface area contributed by atoms with Crippen LogP contribution in [0.3, 0.4) is 0 Å². The van der Waals surface area contributed by atoms with E-state index < -0.39 is 15.9 Å². The number of aromatic nitrogens is 2. The zero-order valence-electron chi connectivity index (χ0n) is 17.2. The summed E-state index contributed by atoms with van der Waals surface area (Å²) < 4.78 is 28.0. The Bertz CT molecular complexity index is 1170. The van der Waals surface area contributed by atoms with Crippen LogP contribution in [0.5, 0.6) is 0 Å². The molecule has 1 N–H and O–H groups in total. The van der Waals surface area contributed by atoms with Crippen LogP contribution in [0.15, 0.2) is 53.4 Å². The predicted molar refractivity (Wildman–Crippen MR) is 122 cm³/mol. The standard InChI is InChI=1S/C22H24N4O3S2/c1-16-11-12-18(15-19(16)31(28,29)26-13-7-2-3-8-14-26)20(27)23-22-25-24-21(30-22)17-9-5-4-6-10-17/h4-6,9-12,15H,2-3,7-8,13-14H2,1H3,(H,23,25,27). The summed E-state index contributed by atoms with van der Waals surface area (Å²) in [5.74, 6) is -0.414. The molecule has 9 heteroatoms. The number of hydrogen-bond acceptors (Lipinski definition) is 6. The molecule has 0 spiro atoms. The molecule has 1 saturated heterocycles. The minimum absolute atomic E-state index is 0.185. The molecule has 0 aliphatic carbocycles. The summed E-state index contributed by atoms with van der Waals surface area (Å²) >= 11 is 1.27. The molecule has 3 aromatic rings. The van der Waals surface area contributed by atoms with Crippen molar-refractivity contribution < 1.29 is 13.2 Å². The van der Waals surface area contributed by atoms with E-state index in [2.05, 4.69) is 15.5 Å². The Balaban J connectivity index is 1.55. The monoisotopic (exact) mass is 456 g/mol. The molecule has 0 radical (unpaired) electrons. The lowest BCUT2D eigenvalue weighted by Gasteiger charge is -2.21. The average Bonchev–Trinajstić information content (AvgIpc) is 3.05. The highest BCUT2D eigenvalue weighted by Crippen LogP contribution is 2.27. The van der Waals surface area contributed by atoms with Gasteiger partial charge in [0.25, 0.3) is 5.91 Å². The summed E-state index contributed by atoms with van der Waals surface area (Å²) in [6, 6.07) is 14.4. The summed E-state index contributed by atoms with van der Waals surface area (Å²) in [4.78, 5) is 13.0. The topological polar surface area (TPSA) is 92.3 Å². The SMILES string of the molecule is Cc1ccc(C(=O)Nc2nnc(-c3ccccc3)s2)cc1S(=O)(=O)N1CCCCCC1. The second-order valence-corrected chi connectivity index (χ2v) is 10.4. The maximum Gasteiger partial charge on any atom is 0.257 e. The van der Waals surface area contributed by atoms with Crippen LogP contribution in [0.2, 0.25) is 0 Å². The average molecular weight is 457 g/mol. The fourth-order valence-corrected chi connectivity index (χ4v) is 6.09. The van der Waals surface area contributed by atoms with Crippen LogP contribution >= 0.6 is 11.3 Å². The van der Waals surface area contributed by atoms with Gasteiger partial charge >= 0.3 is 0 Å². The molecule has 1 aromatic heterocycles. The molecule has 0 unspecified atom stereocenters. The van der Waals surface area contributed by atoms with Crippen LogP contribution in [0, 0.1) is 6.92 Å². The van der Waals surface area contributed by atoms with Gasteiger partial charge in [-0.25, -0.2) is 8.42 Å². The maximum absolute atomic E-state index is 13.2. The minimum Gasteiger partial charge on any atom is -0.296 e. The van der Waals surface area contributed by atoms with E-state index in [0.717, 1.165) is 31.2 Å². The highest BCUT2D eigenvalue weighted by Gasteiger charge is 2.27. The first-order chi connectivity index (χ1) is 14.9. The lowest BCUT2D eigenvalue weighted by atomic mass is 10.1. The number of benzene rings is 2. The van der Waals surface area contributed by atoms with Crippen LogP contribution < -0.4 is 5.32 Å². The first-order valence-corrected chi connectivity index (χ1v) is 12.5. The Morgan fingerprint density at radius 1 is 1.00 bits per heavy atom. The third-order valence-corrected chi connectivity index (χ3v) is 8.23. The molecule has 162 valence electrons. The van der Waals surface area contributed by atoms with Crippen molar-refractivity contribution in [3.05, 3.63) is 59.7 Å². The minimum atomic E-state index is -3.65. The van der Waals surface area contributed by atoms with Gasteiger partial charge in [0.2, 0.25) is 15.2 Å². The number of aryl methyl sites for hydroxylation is 1. The van der Waals surface area contributed by atoms with Gasteiger partial charge in [-0.05, 0) is 37.5 Å². The number of rotatable bonds is 5. The number of nitrogens with zero attached hydrogens (tertiary/aromatic N) is 3. The fourth-order valence-electron chi connectivity index (χ4n) is 3.58. The number of anilines is 1. The second-order valence-electron chi connectivity index (χ2n) is 7.53. The van der Waals surface area contributed by atoms with Crippen LogP contribution in [0.4, 0.5) is 5.13 Å². The first-order valence-electron chi connectivity index (χ1n) is 10.3. The number of hydrogen-bond donors (Lipinski definition) is 1. The molecule has 0 saturated carbocycles. The largest absolute Gasteiger partial charge is 0.296 e. The van der Waals surface area contributed by atoms with Crippen molar-refractivity contribution in [2.24, 2.45) is 0 Å². The Morgan fingerprint density at radius 2 is 1.71 bits per heavy atom. The van der Waals surface area contributed by atoms with Gasteiger partial charge in [0.1, 0.15) is 5.01 Å². The summed E-state index contributed by atoms with van der Waals surface area (Å²) in [5, 5.41) is 12.0. The van der Waals surface area contributed by atoms with Gasteiger partial charge in [-0.2, -0.15) is 4.31 Å². The maximum atomic E-state index is 13.2. The third kappa shape index (κ3) is 4.84. The number of amides is 1. The molecule has 0 atom stereocenters. The molecule has 1 amide bonds. The van der Waals surface area contributed by atoms with E-state index in [1.807, 2.05) is 30.3 Å². The number of carbonyl (C=O) groups is 1. The number of sulfonamides is 1. The lowest BCUT2D eigenvalue weighted by Crippen LogP contribution is -2.32. The smallest absolute Gasteiger partial charge is 0.257 e. The van der Waals surface area contributed by atoms with Crippen molar-refractivity contribution in [1.82, 2.24) is 14.5 Å². The molecule has 2 heterocycles. The van der Waals surface area contributed by atoms with Gasteiger partial charge in [0, 0.05) is 24.2 Å². The van der Waals surface area contributed by atoms with E-state index in [0.29, 0.717) is 28.8 Å². The van der Waals surface area contributed by atoms with Crippen molar-refractivity contribution in [3.8, 4) is 10.6 Å². The van der Waals surface area contributed by atoms with Gasteiger partial charge in [0.15, 0.2) is 0 Å². The van der Waals surface area contributed by atoms with Crippen molar-refractivity contribution in [1.29, 1.82) is 0 Å². The van der Waals surface area contributed by atoms with Gasteiger partial charge in [-0.3, -0.25) is 10.1 Å². The van der Waals surface area contributed by atoms with Gasteiger partial charge in [-0.1, -0.05) is 60.6 Å². The Labute approximate surface area is 186 Å². The van der Waals surface area contributed by atoms with Crippen molar-refractivity contribution in [2.75, 3.05) is 18.4 Å². The van der Waals surface area contributed by atoms with E-state index in [1.165, 1.54) is 17.4 Å². The van der Waals surface area contributed by atoms with E-state index in [1.54, 1.807) is 23.4 Å². The number of carbonyl (C=O) groups excluding carboxylic acids is 1. The molecular formula is C22H24N4O3S2. The van der Waals surface area contributed by atoms with Gasteiger partial charge in [0.05, 0.1) is 4.90 Å². The van der Waals surface area contributed by atoms with E-state index in [4.69, 9.17) is 0 Å². The summed E-state index contributed by atoms with van der Waals surface area (Å²) in [6.45, 7) is 2.79. The highest BCUT2D eigenvalue weighted by molar-refractivity contribution is 7.89. The van der Waals surface area contributed by atoms with Crippen LogP contribution in [-0.2, 0) is 10.0 Å². The second kappa shape index (κ2) is 9.25. The predicted octanol–water partition coefficient (Wildman–Crippen LogP) is 4.33. The molecule has 1 aliphatic rings. The van der Waals surface area contributed by atoms with E-state index in [9.17, 15) is 13.2 Å². The summed E-state index contributed by atoms with van der Waals surface area (Å²) in [7, 11) is -3.65. The van der Waals surface area contributed by atoms with E-state index in [-0.39, 0.29) is 10.5 Å². The van der Waals surface area contributed by atoms with Crippen LogP contribution in [0.1, 0.15) is 41.6 Å². The first kappa shape index (κ1) is 21.6. The summed E-state index contributed by atoms with van der Waals surface area (Å²) in [5.41, 5.74) is 1.82. The van der Waals surface area contributed by atoms with Crippen molar-refractivity contribution in [2.45, 2.75) is 37.5 Å². The van der Waals surface area contributed by atoms with Gasteiger partial charge < -0.3 is 0 Å². The highest BCUT2D eigenvalue weighted by atomic mass is 32.2. The molecule has 4 rings (SSSR count). The van der Waals surface area contributed by atoms with Crippen LogP contribution in [-0.4, -0.2) is 41.9 Å². The lowest BCUT2D eigenvalue weighted by molar-refractivity contribution is 0.102. The Kier molecular flexibility index (Phi) is 6.45. The Morgan fingerprint density at radius 3 is 2.42 bits per heavy atom. The van der Waals surface area contributed by atoms with Crippen molar-refractivity contribution in [3.63, 3.8) is 0 Å². The zero-order chi connectivity index (χ0) is 21.8. The Hall–Kier alpha value is -2.62. The molecular weight excluding hydrogens is 432 g/mol. The fraction of sp³-hybridized carbons (Fsp3) is 0.318. The molecule has 31 heavy (non-hydrogen) atoms. The van der Waals surface area contributed by atoms with Gasteiger partial charge in [-0.15, -0.1) is 10.2 Å². The van der Waals surface area contributed by atoms with Crippen molar-refractivity contribution >= 4 is 32.4 Å². The zero-order valence-corrected chi connectivity index (χ0v) is 18.9. The molecule has 0 bridgehead atoms. The third-order valence-electron chi connectivity index (χ3n) is 5.30. The molecule has 1 aliphatic heterocycles. The normalized spacial score (nSPS) is 15.4. The number of nitrogens with one attached hydrogen (secondary N) is 1. The summed E-state index contributed by atoms with van der Waals surface area (Å²) in [6.07, 6.45) is 3.80. The quantitative estimate of drug-likeness (QED) is 0.617. The van der Waals surface area contributed by atoms with E-state index >= 15 is 0 Å². The molecule has 2 aromatic carbocycles. The molecule has 1 fully saturated rings. The van der Waals surface area contributed by atoms with Crippen LogP contribution in [0.25, 0.3) is 10.6 Å².